The van der Waals surface area contributed by atoms with Gasteiger partial charge in [0, 0.05) is 12.6 Å². The minimum atomic E-state index is 0.634. The highest BCUT2D eigenvalue weighted by atomic mass is 14.9. The fourth-order valence-electron chi connectivity index (χ4n) is 2.35. The first-order valence-electron chi connectivity index (χ1n) is 6.47. The molecule has 0 bridgehead atoms. The molecule has 0 amide bonds. The molecule has 1 heteroatoms. The van der Waals surface area contributed by atoms with Gasteiger partial charge in [-0.05, 0) is 35.8 Å². The predicted molar refractivity (Wildman–Crippen MR) is 69.6 cm³/mol. The van der Waals surface area contributed by atoms with E-state index in [0.717, 1.165) is 18.5 Å². The number of nitrogens with one attached hydrogen (secondary N) is 1. The van der Waals surface area contributed by atoms with Crippen molar-refractivity contribution in [1.82, 2.24) is 5.32 Å². The molecule has 0 aliphatic heterocycles. The molecule has 0 atom stereocenters. The van der Waals surface area contributed by atoms with Crippen molar-refractivity contribution >= 4 is 0 Å². The minimum absolute atomic E-state index is 0.634. The van der Waals surface area contributed by atoms with E-state index in [1.54, 1.807) is 0 Å². The average Bonchev–Trinajstić information content (AvgIpc) is 2.23. The van der Waals surface area contributed by atoms with Crippen LogP contribution in [0.25, 0.3) is 0 Å². The van der Waals surface area contributed by atoms with Gasteiger partial charge in [0.2, 0.25) is 0 Å². The van der Waals surface area contributed by atoms with Crippen molar-refractivity contribution < 1.29 is 0 Å². The smallest absolute Gasteiger partial charge is 0.0208 e. The Bertz CT molecular complexity index is 320. The maximum Gasteiger partial charge on any atom is 0.0208 e. The maximum atomic E-state index is 3.61. The topological polar surface area (TPSA) is 12.0 Å². The molecular formula is C15H23N. The quantitative estimate of drug-likeness (QED) is 0.811. The van der Waals surface area contributed by atoms with E-state index >= 15 is 0 Å². The molecule has 1 fully saturated rings. The Balaban J connectivity index is 1.81. The zero-order chi connectivity index (χ0) is 11.5. The Morgan fingerprint density at radius 3 is 2.31 bits per heavy atom. The predicted octanol–water partition coefficient (Wildman–Crippen LogP) is 3.70. The zero-order valence-electron chi connectivity index (χ0n) is 10.7. The lowest BCUT2D eigenvalue weighted by molar-refractivity contribution is 0.240. The lowest BCUT2D eigenvalue weighted by atomic mass is 9.82. The van der Waals surface area contributed by atoms with Gasteiger partial charge in [-0.1, -0.05) is 45.0 Å². The summed E-state index contributed by atoms with van der Waals surface area (Å²) in [6.45, 7) is 7.83. The molecular weight excluding hydrogens is 194 g/mol. The maximum absolute atomic E-state index is 3.61. The van der Waals surface area contributed by atoms with Gasteiger partial charge in [-0.25, -0.2) is 0 Å². The highest BCUT2D eigenvalue weighted by molar-refractivity contribution is 5.24. The second-order valence-corrected chi connectivity index (χ2v) is 5.55. The van der Waals surface area contributed by atoms with E-state index in [4.69, 9.17) is 0 Å². The SMILES string of the molecule is CC1CC(NCc2ccc(C(C)C)cc2)C1. The molecule has 0 saturated heterocycles. The van der Waals surface area contributed by atoms with Crippen molar-refractivity contribution in [2.75, 3.05) is 0 Å². The second-order valence-electron chi connectivity index (χ2n) is 5.55. The number of rotatable bonds is 4. The first-order valence-corrected chi connectivity index (χ1v) is 6.47. The van der Waals surface area contributed by atoms with E-state index in [1.807, 2.05) is 0 Å². The van der Waals surface area contributed by atoms with Crippen molar-refractivity contribution in [2.45, 2.75) is 52.1 Å². The van der Waals surface area contributed by atoms with Crippen LogP contribution in [0, 0.1) is 5.92 Å². The van der Waals surface area contributed by atoms with Gasteiger partial charge in [0.05, 0.1) is 0 Å². The van der Waals surface area contributed by atoms with Crippen LogP contribution in [-0.4, -0.2) is 6.04 Å². The summed E-state index contributed by atoms with van der Waals surface area (Å²) < 4.78 is 0. The van der Waals surface area contributed by atoms with Crippen LogP contribution in [0.3, 0.4) is 0 Å². The molecule has 2 rings (SSSR count). The molecule has 0 unspecified atom stereocenters. The summed E-state index contributed by atoms with van der Waals surface area (Å²) in [5.41, 5.74) is 2.84. The summed E-state index contributed by atoms with van der Waals surface area (Å²) in [7, 11) is 0. The highest BCUT2D eigenvalue weighted by Crippen LogP contribution is 2.26. The molecule has 1 N–H and O–H groups in total. The van der Waals surface area contributed by atoms with Gasteiger partial charge in [0.25, 0.3) is 0 Å². The summed E-state index contributed by atoms with van der Waals surface area (Å²) in [6.07, 6.45) is 2.70. The van der Waals surface area contributed by atoms with Crippen molar-refractivity contribution in [3.8, 4) is 0 Å². The Morgan fingerprint density at radius 2 is 1.81 bits per heavy atom. The summed E-state index contributed by atoms with van der Waals surface area (Å²) in [6, 6.07) is 9.78. The third-order valence-corrected chi connectivity index (χ3v) is 3.62. The Kier molecular flexibility index (Phi) is 3.65. The van der Waals surface area contributed by atoms with Gasteiger partial charge in [0.1, 0.15) is 0 Å². The molecule has 0 aromatic heterocycles. The first kappa shape index (κ1) is 11.7. The molecule has 16 heavy (non-hydrogen) atoms. The van der Waals surface area contributed by atoms with Gasteiger partial charge in [-0.3, -0.25) is 0 Å². The first-order chi connectivity index (χ1) is 7.65. The average molecular weight is 217 g/mol. The monoisotopic (exact) mass is 217 g/mol. The third-order valence-electron chi connectivity index (χ3n) is 3.62. The van der Waals surface area contributed by atoms with Crippen LogP contribution in [0.15, 0.2) is 24.3 Å². The van der Waals surface area contributed by atoms with Crippen LogP contribution >= 0.6 is 0 Å². The molecule has 1 saturated carbocycles. The standard InChI is InChI=1S/C15H23N/c1-11(2)14-6-4-13(5-7-14)10-16-15-8-12(3)9-15/h4-7,11-12,15-16H,8-10H2,1-3H3. The molecule has 1 aliphatic rings. The van der Waals surface area contributed by atoms with E-state index in [9.17, 15) is 0 Å². The summed E-state index contributed by atoms with van der Waals surface area (Å²) in [4.78, 5) is 0. The molecule has 0 radical (unpaired) electrons. The fourth-order valence-corrected chi connectivity index (χ4v) is 2.35. The number of benzene rings is 1. The Morgan fingerprint density at radius 1 is 1.19 bits per heavy atom. The lowest BCUT2D eigenvalue weighted by Crippen LogP contribution is -2.39. The summed E-state index contributed by atoms with van der Waals surface area (Å²) in [5.74, 6) is 1.57. The molecule has 1 aliphatic carbocycles. The summed E-state index contributed by atoms with van der Waals surface area (Å²) in [5, 5.41) is 3.61. The van der Waals surface area contributed by atoms with Crippen LogP contribution in [0.2, 0.25) is 0 Å². The van der Waals surface area contributed by atoms with Gasteiger partial charge in [-0.15, -0.1) is 0 Å². The van der Waals surface area contributed by atoms with E-state index in [0.29, 0.717) is 5.92 Å². The highest BCUT2D eigenvalue weighted by Gasteiger charge is 2.24. The van der Waals surface area contributed by atoms with Gasteiger partial charge in [-0.2, -0.15) is 0 Å². The summed E-state index contributed by atoms with van der Waals surface area (Å²) >= 11 is 0. The van der Waals surface area contributed by atoms with E-state index < -0.39 is 0 Å². The van der Waals surface area contributed by atoms with Crippen molar-refractivity contribution in [1.29, 1.82) is 0 Å². The number of hydrogen-bond acceptors (Lipinski definition) is 1. The van der Waals surface area contributed by atoms with Crippen LogP contribution in [0.1, 0.15) is 50.7 Å². The zero-order valence-corrected chi connectivity index (χ0v) is 10.7. The normalized spacial score (nSPS) is 24.5. The number of hydrogen-bond donors (Lipinski definition) is 1. The molecule has 1 aromatic rings. The molecule has 88 valence electrons. The minimum Gasteiger partial charge on any atom is -0.310 e. The Hall–Kier alpha value is -0.820. The van der Waals surface area contributed by atoms with Crippen LogP contribution in [0.5, 0.6) is 0 Å². The third kappa shape index (κ3) is 2.85. The van der Waals surface area contributed by atoms with Crippen molar-refractivity contribution in [2.24, 2.45) is 5.92 Å². The Labute approximate surface area is 99.3 Å². The van der Waals surface area contributed by atoms with Gasteiger partial charge >= 0.3 is 0 Å². The fraction of sp³-hybridized carbons (Fsp3) is 0.600. The van der Waals surface area contributed by atoms with Crippen LogP contribution in [0.4, 0.5) is 0 Å². The van der Waals surface area contributed by atoms with Gasteiger partial charge in [0.15, 0.2) is 0 Å². The molecule has 1 nitrogen and oxygen atoms in total. The van der Waals surface area contributed by atoms with Crippen LogP contribution < -0.4 is 5.32 Å². The molecule has 1 aromatic carbocycles. The van der Waals surface area contributed by atoms with Crippen molar-refractivity contribution in [3.63, 3.8) is 0 Å². The van der Waals surface area contributed by atoms with Crippen molar-refractivity contribution in [3.05, 3.63) is 35.4 Å². The molecule has 0 heterocycles. The van der Waals surface area contributed by atoms with E-state index in [-0.39, 0.29) is 0 Å². The lowest BCUT2D eigenvalue weighted by Gasteiger charge is -2.33. The largest absolute Gasteiger partial charge is 0.310 e. The van der Waals surface area contributed by atoms with E-state index in [1.165, 1.54) is 24.0 Å². The second kappa shape index (κ2) is 5.01. The van der Waals surface area contributed by atoms with Crippen LogP contribution in [-0.2, 0) is 6.54 Å². The van der Waals surface area contributed by atoms with E-state index in [2.05, 4.69) is 50.4 Å². The molecule has 0 spiro atoms. The van der Waals surface area contributed by atoms with Gasteiger partial charge < -0.3 is 5.32 Å².